The molecular formula is C16H24N6O2. The summed E-state index contributed by atoms with van der Waals surface area (Å²) in [7, 11) is 1.93. The molecule has 24 heavy (non-hydrogen) atoms. The highest BCUT2D eigenvalue weighted by Crippen LogP contribution is 2.37. The van der Waals surface area contributed by atoms with E-state index in [2.05, 4.69) is 25.5 Å². The molecule has 0 bridgehead atoms. The third-order valence-corrected chi connectivity index (χ3v) is 4.31. The second-order valence-electron chi connectivity index (χ2n) is 6.58. The van der Waals surface area contributed by atoms with E-state index in [-0.39, 0.29) is 24.0 Å². The van der Waals surface area contributed by atoms with Crippen LogP contribution in [0.25, 0.3) is 0 Å². The first-order valence-electron chi connectivity index (χ1n) is 8.27. The van der Waals surface area contributed by atoms with Crippen LogP contribution >= 0.6 is 0 Å². The van der Waals surface area contributed by atoms with E-state index in [0.29, 0.717) is 24.7 Å². The van der Waals surface area contributed by atoms with E-state index in [1.165, 1.54) is 6.33 Å². The van der Waals surface area contributed by atoms with E-state index in [4.69, 9.17) is 4.74 Å². The number of nitrogens with one attached hydrogen (secondary N) is 1. The van der Waals surface area contributed by atoms with Crippen LogP contribution in [0.2, 0.25) is 0 Å². The van der Waals surface area contributed by atoms with Gasteiger partial charge < -0.3 is 19.7 Å². The minimum atomic E-state index is -0.354. The third kappa shape index (κ3) is 3.81. The van der Waals surface area contributed by atoms with Crippen LogP contribution in [0.3, 0.4) is 0 Å². The second kappa shape index (κ2) is 7.12. The molecule has 1 aliphatic rings. The van der Waals surface area contributed by atoms with Gasteiger partial charge >= 0.3 is 0 Å². The fourth-order valence-corrected chi connectivity index (χ4v) is 3.17. The van der Waals surface area contributed by atoms with Gasteiger partial charge in [-0.1, -0.05) is 0 Å². The molecule has 3 atom stereocenters. The van der Waals surface area contributed by atoms with Gasteiger partial charge in [0.05, 0.1) is 12.2 Å². The molecule has 0 aromatic carbocycles. The van der Waals surface area contributed by atoms with Crippen LogP contribution in [-0.2, 0) is 7.05 Å². The SMILES string of the molecule is CC(C)Oc1cc(NC[C@H]2C[C@H](c3nncn3C)C[C@H]2O)ncn1. The summed E-state index contributed by atoms with van der Waals surface area (Å²) < 4.78 is 7.49. The number of aliphatic hydroxyl groups excluding tert-OH is 1. The summed E-state index contributed by atoms with van der Waals surface area (Å²) in [5, 5.41) is 21.7. The van der Waals surface area contributed by atoms with Crippen LogP contribution in [0.15, 0.2) is 18.7 Å². The fourth-order valence-electron chi connectivity index (χ4n) is 3.17. The van der Waals surface area contributed by atoms with Crippen molar-refractivity contribution in [2.45, 2.75) is 44.8 Å². The van der Waals surface area contributed by atoms with Crippen molar-refractivity contribution in [3.05, 3.63) is 24.5 Å². The highest BCUT2D eigenvalue weighted by molar-refractivity contribution is 5.37. The monoisotopic (exact) mass is 332 g/mol. The van der Waals surface area contributed by atoms with Gasteiger partial charge in [-0.15, -0.1) is 10.2 Å². The molecule has 2 aromatic heterocycles. The van der Waals surface area contributed by atoms with Gasteiger partial charge in [-0.2, -0.15) is 0 Å². The molecule has 0 saturated heterocycles. The largest absolute Gasteiger partial charge is 0.475 e. The lowest BCUT2D eigenvalue weighted by Crippen LogP contribution is -2.22. The lowest BCUT2D eigenvalue weighted by Gasteiger charge is -2.16. The zero-order chi connectivity index (χ0) is 17.1. The highest BCUT2D eigenvalue weighted by Gasteiger charge is 2.35. The summed E-state index contributed by atoms with van der Waals surface area (Å²) in [5.74, 6) is 2.58. The Labute approximate surface area is 141 Å². The van der Waals surface area contributed by atoms with Crippen molar-refractivity contribution < 1.29 is 9.84 Å². The molecule has 8 nitrogen and oxygen atoms in total. The van der Waals surface area contributed by atoms with Crippen molar-refractivity contribution in [1.82, 2.24) is 24.7 Å². The van der Waals surface area contributed by atoms with Gasteiger partial charge in [0.15, 0.2) is 0 Å². The normalized spacial score (nSPS) is 23.6. The number of rotatable bonds is 6. The smallest absolute Gasteiger partial charge is 0.218 e. The molecule has 8 heteroatoms. The molecule has 2 aromatic rings. The minimum absolute atomic E-state index is 0.0663. The number of aromatic nitrogens is 5. The number of aliphatic hydroxyl groups is 1. The maximum atomic E-state index is 10.3. The second-order valence-corrected chi connectivity index (χ2v) is 6.58. The Morgan fingerprint density at radius 2 is 2.21 bits per heavy atom. The quantitative estimate of drug-likeness (QED) is 0.824. The van der Waals surface area contributed by atoms with Crippen LogP contribution in [0.4, 0.5) is 5.82 Å². The van der Waals surface area contributed by atoms with Crippen LogP contribution in [-0.4, -0.2) is 48.6 Å². The highest BCUT2D eigenvalue weighted by atomic mass is 16.5. The zero-order valence-electron chi connectivity index (χ0n) is 14.3. The molecule has 1 saturated carbocycles. The van der Waals surface area contributed by atoms with Gasteiger partial charge in [-0.3, -0.25) is 0 Å². The minimum Gasteiger partial charge on any atom is -0.475 e. The first-order valence-corrected chi connectivity index (χ1v) is 8.27. The summed E-state index contributed by atoms with van der Waals surface area (Å²) in [6, 6.07) is 1.78. The Morgan fingerprint density at radius 3 is 2.92 bits per heavy atom. The van der Waals surface area contributed by atoms with Gasteiger partial charge in [-0.25, -0.2) is 9.97 Å². The summed E-state index contributed by atoms with van der Waals surface area (Å²) >= 11 is 0. The van der Waals surface area contributed by atoms with Crippen molar-refractivity contribution in [2.75, 3.05) is 11.9 Å². The number of hydrogen-bond acceptors (Lipinski definition) is 7. The molecule has 3 rings (SSSR count). The summed E-state index contributed by atoms with van der Waals surface area (Å²) in [6.45, 7) is 4.56. The molecule has 1 fully saturated rings. The first kappa shape index (κ1) is 16.6. The third-order valence-electron chi connectivity index (χ3n) is 4.31. The Kier molecular flexibility index (Phi) is 4.94. The van der Waals surface area contributed by atoms with Crippen LogP contribution < -0.4 is 10.1 Å². The molecule has 0 aliphatic heterocycles. The number of hydrogen-bond donors (Lipinski definition) is 2. The Bertz CT molecular complexity index is 674. The lowest BCUT2D eigenvalue weighted by molar-refractivity contribution is 0.137. The zero-order valence-corrected chi connectivity index (χ0v) is 14.3. The lowest BCUT2D eigenvalue weighted by atomic mass is 10.0. The van der Waals surface area contributed by atoms with E-state index in [1.54, 1.807) is 12.4 Å². The van der Waals surface area contributed by atoms with Gasteiger partial charge in [0.2, 0.25) is 5.88 Å². The van der Waals surface area contributed by atoms with Crippen LogP contribution in [0, 0.1) is 5.92 Å². The molecule has 0 unspecified atom stereocenters. The van der Waals surface area contributed by atoms with Crippen LogP contribution in [0.5, 0.6) is 5.88 Å². The van der Waals surface area contributed by atoms with Gasteiger partial charge in [0.25, 0.3) is 0 Å². The van der Waals surface area contributed by atoms with Gasteiger partial charge in [0, 0.05) is 31.5 Å². The number of anilines is 1. The molecule has 0 spiro atoms. The molecule has 0 amide bonds. The molecule has 2 heterocycles. The summed E-state index contributed by atoms with van der Waals surface area (Å²) in [4.78, 5) is 8.29. The maximum Gasteiger partial charge on any atom is 0.218 e. The van der Waals surface area contributed by atoms with E-state index < -0.39 is 0 Å². The predicted octanol–water partition coefficient (Wildman–Crippen LogP) is 1.36. The summed E-state index contributed by atoms with van der Waals surface area (Å²) in [5.41, 5.74) is 0. The maximum absolute atomic E-state index is 10.3. The van der Waals surface area contributed by atoms with Crippen LogP contribution in [0.1, 0.15) is 38.4 Å². The van der Waals surface area contributed by atoms with Gasteiger partial charge in [0.1, 0.15) is 24.3 Å². The topological polar surface area (TPSA) is 98.0 Å². The molecule has 1 aliphatic carbocycles. The standard InChI is InChI=1S/C16H24N6O2/c1-10(2)24-15-6-14(18-8-19-15)17-7-12-4-11(5-13(12)23)16-21-20-9-22(16)3/h6,8-13,23H,4-5,7H2,1-3H3,(H,17,18,19)/t11-,12+,13+/m0/s1. The first-order chi connectivity index (χ1) is 11.5. The molecule has 2 N–H and O–H groups in total. The average molecular weight is 332 g/mol. The van der Waals surface area contributed by atoms with Gasteiger partial charge in [-0.05, 0) is 26.7 Å². The van der Waals surface area contributed by atoms with E-state index in [9.17, 15) is 5.11 Å². The van der Waals surface area contributed by atoms with Crippen molar-refractivity contribution in [3.63, 3.8) is 0 Å². The Hall–Kier alpha value is -2.22. The van der Waals surface area contributed by atoms with E-state index >= 15 is 0 Å². The molecular weight excluding hydrogens is 308 g/mol. The summed E-state index contributed by atoms with van der Waals surface area (Å²) in [6.07, 6.45) is 4.48. The van der Waals surface area contributed by atoms with Crippen molar-refractivity contribution in [1.29, 1.82) is 0 Å². The number of aryl methyl sites for hydroxylation is 1. The Balaban J connectivity index is 1.58. The molecule has 130 valence electrons. The Morgan fingerprint density at radius 1 is 1.38 bits per heavy atom. The predicted molar refractivity (Wildman–Crippen MR) is 88.8 cm³/mol. The number of ether oxygens (including phenoxy) is 1. The van der Waals surface area contributed by atoms with Crippen molar-refractivity contribution >= 4 is 5.82 Å². The number of nitrogens with zero attached hydrogens (tertiary/aromatic N) is 5. The van der Waals surface area contributed by atoms with Crippen molar-refractivity contribution in [3.8, 4) is 5.88 Å². The van der Waals surface area contributed by atoms with E-state index in [0.717, 1.165) is 12.2 Å². The van der Waals surface area contributed by atoms with E-state index in [1.807, 2.05) is 25.5 Å². The fraction of sp³-hybridized carbons (Fsp3) is 0.625. The molecule has 0 radical (unpaired) electrons. The average Bonchev–Trinajstić information content (AvgIpc) is 3.10. The van der Waals surface area contributed by atoms with Crippen molar-refractivity contribution in [2.24, 2.45) is 13.0 Å².